The molecule has 0 aliphatic heterocycles. The second-order valence-electron chi connectivity index (χ2n) is 6.34. The minimum Gasteiger partial charge on any atom is -0.497 e. The van der Waals surface area contributed by atoms with Crippen LogP contribution in [0.5, 0.6) is 5.75 Å². The lowest BCUT2D eigenvalue weighted by atomic mass is 10.1. The summed E-state index contributed by atoms with van der Waals surface area (Å²) in [4.78, 5) is 21.3. The van der Waals surface area contributed by atoms with Crippen LogP contribution >= 0.6 is 0 Å². The quantitative estimate of drug-likeness (QED) is 0.496. The fourth-order valence-electron chi connectivity index (χ4n) is 3.02. The highest BCUT2D eigenvalue weighted by atomic mass is 16.5. The highest BCUT2D eigenvalue weighted by molar-refractivity contribution is 5.94. The van der Waals surface area contributed by atoms with E-state index in [0.717, 1.165) is 27.9 Å². The highest BCUT2D eigenvalue weighted by Crippen LogP contribution is 2.28. The van der Waals surface area contributed by atoms with Crippen molar-refractivity contribution in [2.24, 2.45) is 0 Å². The molecule has 1 aromatic heterocycles. The van der Waals surface area contributed by atoms with E-state index in [0.29, 0.717) is 17.2 Å². The number of hydrogen-bond acceptors (Lipinski definition) is 6. The Morgan fingerprint density at radius 1 is 0.897 bits per heavy atom. The number of esters is 1. The van der Waals surface area contributed by atoms with E-state index in [1.807, 2.05) is 54.6 Å². The molecule has 1 heterocycles. The van der Waals surface area contributed by atoms with Crippen LogP contribution in [0.15, 0.2) is 72.8 Å². The molecular weight excluding hydrogens is 366 g/mol. The zero-order chi connectivity index (χ0) is 20.2. The number of carbonyl (C=O) groups excluding carboxylic acids is 1. The summed E-state index contributed by atoms with van der Waals surface area (Å²) in [5.41, 5.74) is 2.89. The number of methoxy groups -OCH3 is 2. The molecule has 0 radical (unpaired) electrons. The Hall–Kier alpha value is -3.93. The molecule has 6 nitrogen and oxygen atoms in total. The summed E-state index contributed by atoms with van der Waals surface area (Å²) < 4.78 is 10.0. The number of ether oxygens (including phenoxy) is 2. The predicted molar refractivity (Wildman–Crippen MR) is 113 cm³/mol. The summed E-state index contributed by atoms with van der Waals surface area (Å²) in [6, 6.07) is 22.5. The topological polar surface area (TPSA) is 73.3 Å². The van der Waals surface area contributed by atoms with Gasteiger partial charge in [-0.25, -0.2) is 14.8 Å². The number of anilines is 2. The van der Waals surface area contributed by atoms with Gasteiger partial charge in [0.15, 0.2) is 5.82 Å². The van der Waals surface area contributed by atoms with E-state index >= 15 is 0 Å². The fraction of sp³-hybridized carbons (Fsp3) is 0.0870. The van der Waals surface area contributed by atoms with E-state index in [4.69, 9.17) is 19.4 Å². The van der Waals surface area contributed by atoms with Gasteiger partial charge in [-0.3, -0.25) is 0 Å². The molecule has 29 heavy (non-hydrogen) atoms. The van der Waals surface area contributed by atoms with Crippen LogP contribution in [0.25, 0.3) is 22.3 Å². The molecule has 4 aromatic rings. The highest BCUT2D eigenvalue weighted by Gasteiger charge is 2.11. The summed E-state index contributed by atoms with van der Waals surface area (Å²) in [7, 11) is 2.99. The third kappa shape index (κ3) is 3.87. The number of benzene rings is 3. The Morgan fingerprint density at radius 3 is 2.45 bits per heavy atom. The number of fused-ring (bicyclic) bond motifs is 1. The van der Waals surface area contributed by atoms with Crippen LogP contribution in [-0.4, -0.2) is 30.2 Å². The minimum atomic E-state index is -0.389. The molecule has 1 N–H and O–H groups in total. The molecule has 0 aliphatic carbocycles. The van der Waals surface area contributed by atoms with Gasteiger partial charge in [0.1, 0.15) is 11.6 Å². The molecule has 6 heteroatoms. The number of para-hydroxylation sites is 1. The van der Waals surface area contributed by atoms with E-state index in [9.17, 15) is 4.79 Å². The van der Waals surface area contributed by atoms with Crippen molar-refractivity contribution >= 4 is 28.4 Å². The first kappa shape index (κ1) is 18.4. The number of carbonyl (C=O) groups is 1. The first-order valence-electron chi connectivity index (χ1n) is 9.04. The molecule has 3 aromatic carbocycles. The average Bonchev–Trinajstić information content (AvgIpc) is 2.78. The lowest BCUT2D eigenvalue weighted by Crippen LogP contribution is -2.03. The standard InChI is InChI=1S/C23H19N3O3/c1-28-18-12-10-15(11-13-18)21-25-20-9-4-3-8-19(20)22(26-21)24-17-7-5-6-16(14-17)23(27)29-2/h3-14H,1-2H3,(H,24,25,26). The van der Waals surface area contributed by atoms with Crippen LogP contribution in [-0.2, 0) is 4.74 Å². The third-order valence-electron chi connectivity index (χ3n) is 4.50. The van der Waals surface area contributed by atoms with Gasteiger partial charge in [0.2, 0.25) is 0 Å². The lowest BCUT2D eigenvalue weighted by molar-refractivity contribution is 0.0601. The zero-order valence-electron chi connectivity index (χ0n) is 16.0. The SMILES string of the molecule is COC(=O)c1cccc(Nc2nc(-c3ccc(OC)cc3)nc3ccccc23)c1. The molecule has 0 atom stereocenters. The Bertz CT molecular complexity index is 1170. The number of nitrogens with zero attached hydrogens (tertiary/aromatic N) is 2. The van der Waals surface area contributed by atoms with Crippen molar-refractivity contribution < 1.29 is 14.3 Å². The molecule has 0 unspecified atom stereocenters. The maximum atomic E-state index is 11.8. The summed E-state index contributed by atoms with van der Waals surface area (Å²) in [6.45, 7) is 0. The molecule has 4 rings (SSSR count). The molecule has 0 saturated heterocycles. The van der Waals surface area contributed by atoms with E-state index in [1.165, 1.54) is 7.11 Å². The molecular formula is C23H19N3O3. The molecule has 144 valence electrons. The van der Waals surface area contributed by atoms with Crippen molar-refractivity contribution in [3.8, 4) is 17.1 Å². The zero-order valence-corrected chi connectivity index (χ0v) is 16.0. The summed E-state index contributed by atoms with van der Waals surface area (Å²) >= 11 is 0. The van der Waals surface area contributed by atoms with Gasteiger partial charge >= 0.3 is 5.97 Å². The fourth-order valence-corrected chi connectivity index (χ4v) is 3.02. The Balaban J connectivity index is 1.78. The Labute approximate surface area is 168 Å². The second-order valence-corrected chi connectivity index (χ2v) is 6.34. The van der Waals surface area contributed by atoms with Gasteiger partial charge in [0, 0.05) is 16.6 Å². The average molecular weight is 385 g/mol. The van der Waals surface area contributed by atoms with Gasteiger partial charge < -0.3 is 14.8 Å². The van der Waals surface area contributed by atoms with Gasteiger partial charge in [-0.15, -0.1) is 0 Å². The van der Waals surface area contributed by atoms with E-state index < -0.39 is 0 Å². The van der Waals surface area contributed by atoms with Gasteiger partial charge in [-0.1, -0.05) is 18.2 Å². The van der Waals surface area contributed by atoms with Crippen LogP contribution < -0.4 is 10.1 Å². The van der Waals surface area contributed by atoms with Gasteiger partial charge in [-0.2, -0.15) is 0 Å². The molecule has 0 spiro atoms. The number of nitrogens with one attached hydrogen (secondary N) is 1. The minimum absolute atomic E-state index is 0.389. The van der Waals surface area contributed by atoms with Crippen molar-refractivity contribution in [1.29, 1.82) is 0 Å². The maximum absolute atomic E-state index is 11.8. The number of aromatic nitrogens is 2. The third-order valence-corrected chi connectivity index (χ3v) is 4.50. The molecule has 0 aliphatic rings. The molecule has 0 bridgehead atoms. The number of hydrogen-bond donors (Lipinski definition) is 1. The van der Waals surface area contributed by atoms with Crippen molar-refractivity contribution in [3.63, 3.8) is 0 Å². The monoisotopic (exact) mass is 385 g/mol. The Kier molecular flexibility index (Phi) is 5.07. The van der Waals surface area contributed by atoms with Crippen LogP contribution in [0.1, 0.15) is 10.4 Å². The van der Waals surface area contributed by atoms with Crippen molar-refractivity contribution in [2.45, 2.75) is 0 Å². The van der Waals surface area contributed by atoms with Crippen LogP contribution in [0.3, 0.4) is 0 Å². The predicted octanol–water partition coefficient (Wildman–Crippen LogP) is 4.84. The second kappa shape index (κ2) is 7.98. The van der Waals surface area contributed by atoms with E-state index in [-0.39, 0.29) is 5.97 Å². The normalized spacial score (nSPS) is 10.6. The molecule has 0 amide bonds. The lowest BCUT2D eigenvalue weighted by Gasteiger charge is -2.12. The molecule has 0 fully saturated rings. The van der Waals surface area contributed by atoms with Crippen LogP contribution in [0.2, 0.25) is 0 Å². The first-order chi connectivity index (χ1) is 14.2. The van der Waals surface area contributed by atoms with Gasteiger partial charge in [0.25, 0.3) is 0 Å². The Morgan fingerprint density at radius 2 is 1.69 bits per heavy atom. The smallest absolute Gasteiger partial charge is 0.337 e. The van der Waals surface area contributed by atoms with Crippen LogP contribution in [0, 0.1) is 0 Å². The number of rotatable bonds is 5. The first-order valence-corrected chi connectivity index (χ1v) is 9.04. The van der Waals surface area contributed by atoms with Crippen LogP contribution in [0.4, 0.5) is 11.5 Å². The van der Waals surface area contributed by atoms with Gasteiger partial charge in [-0.05, 0) is 54.6 Å². The van der Waals surface area contributed by atoms with E-state index in [1.54, 1.807) is 25.3 Å². The largest absolute Gasteiger partial charge is 0.497 e. The summed E-state index contributed by atoms with van der Waals surface area (Å²) in [6.07, 6.45) is 0. The van der Waals surface area contributed by atoms with Crippen molar-refractivity contribution in [3.05, 3.63) is 78.4 Å². The van der Waals surface area contributed by atoms with Crippen molar-refractivity contribution in [1.82, 2.24) is 9.97 Å². The van der Waals surface area contributed by atoms with E-state index in [2.05, 4.69) is 5.32 Å². The van der Waals surface area contributed by atoms with Gasteiger partial charge in [0.05, 0.1) is 25.3 Å². The molecule has 0 saturated carbocycles. The summed E-state index contributed by atoms with van der Waals surface area (Å²) in [5.74, 6) is 1.63. The maximum Gasteiger partial charge on any atom is 0.337 e. The van der Waals surface area contributed by atoms with Crippen molar-refractivity contribution in [2.75, 3.05) is 19.5 Å². The summed E-state index contributed by atoms with van der Waals surface area (Å²) in [5, 5.41) is 4.20.